The van der Waals surface area contributed by atoms with Crippen molar-refractivity contribution in [1.29, 1.82) is 0 Å². The van der Waals surface area contributed by atoms with Gasteiger partial charge < -0.3 is 15.4 Å². The van der Waals surface area contributed by atoms with Crippen LogP contribution >= 0.6 is 34.8 Å². The van der Waals surface area contributed by atoms with Crippen LogP contribution in [0.2, 0.25) is 15.1 Å². The molecule has 9 heteroatoms. The first-order valence-electron chi connectivity index (χ1n) is 13.5. The minimum Gasteiger partial charge on any atom is -0.490 e. The van der Waals surface area contributed by atoms with Crippen molar-refractivity contribution < 1.29 is 18.7 Å². The zero-order chi connectivity index (χ0) is 28.6. The Morgan fingerprint density at radius 3 is 2.42 bits per heavy atom. The zero-order valence-electron chi connectivity index (χ0n) is 22.2. The van der Waals surface area contributed by atoms with Gasteiger partial charge in [0.1, 0.15) is 17.0 Å². The molecule has 1 fully saturated rings. The molecule has 1 spiro atoms. The van der Waals surface area contributed by atoms with E-state index in [0.717, 1.165) is 31.2 Å². The maximum Gasteiger partial charge on any atom is 0.238 e. The van der Waals surface area contributed by atoms with E-state index in [1.54, 1.807) is 36.4 Å². The van der Waals surface area contributed by atoms with Crippen molar-refractivity contribution in [2.75, 3.05) is 5.32 Å². The quantitative estimate of drug-likeness (QED) is 0.272. The van der Waals surface area contributed by atoms with Gasteiger partial charge >= 0.3 is 0 Å². The van der Waals surface area contributed by atoms with Gasteiger partial charge in [0.05, 0.1) is 17.2 Å². The Morgan fingerprint density at radius 1 is 1.00 bits per heavy atom. The number of carbonyl (C=O) groups is 2. The topological polar surface area (TPSA) is 67.4 Å². The fraction of sp³-hybridized carbons (Fsp3) is 0.355. The lowest BCUT2D eigenvalue weighted by molar-refractivity contribution is -0.131. The van der Waals surface area contributed by atoms with E-state index >= 15 is 0 Å². The van der Waals surface area contributed by atoms with Crippen molar-refractivity contribution in [2.45, 2.75) is 69.4 Å². The van der Waals surface area contributed by atoms with Gasteiger partial charge in [-0.2, -0.15) is 0 Å². The molecule has 0 aliphatic carbocycles. The molecule has 2 aliphatic rings. The van der Waals surface area contributed by atoms with E-state index in [9.17, 15) is 14.0 Å². The molecule has 40 heavy (non-hydrogen) atoms. The Labute approximate surface area is 248 Å². The summed E-state index contributed by atoms with van der Waals surface area (Å²) in [5, 5.41) is 6.88. The number of carbonyl (C=O) groups excluding carboxylic acids is 2. The summed E-state index contributed by atoms with van der Waals surface area (Å²) in [5.41, 5.74) is 1.05. The van der Waals surface area contributed by atoms with Crippen molar-refractivity contribution in [1.82, 2.24) is 5.32 Å². The van der Waals surface area contributed by atoms with Gasteiger partial charge in [-0.1, -0.05) is 79.7 Å². The Bertz CT molecular complexity index is 1460. The van der Waals surface area contributed by atoms with E-state index in [1.165, 1.54) is 12.1 Å². The largest absolute Gasteiger partial charge is 0.490 e. The lowest BCUT2D eigenvalue weighted by Crippen LogP contribution is -2.57. The van der Waals surface area contributed by atoms with Crippen LogP contribution in [0.3, 0.4) is 0 Å². The molecule has 3 aromatic carbocycles. The third-order valence-electron chi connectivity index (χ3n) is 7.88. The van der Waals surface area contributed by atoms with Crippen LogP contribution in [0.4, 0.5) is 10.1 Å². The summed E-state index contributed by atoms with van der Waals surface area (Å²) in [6.07, 6.45) is 3.17. The third kappa shape index (κ3) is 5.06. The van der Waals surface area contributed by atoms with Gasteiger partial charge in [-0.15, -0.1) is 0 Å². The summed E-state index contributed by atoms with van der Waals surface area (Å²) < 4.78 is 21.4. The number of ether oxygens (including phenoxy) is 1. The van der Waals surface area contributed by atoms with Gasteiger partial charge in [-0.25, -0.2) is 4.39 Å². The second-order valence-corrected chi connectivity index (χ2v) is 11.7. The average molecular weight is 604 g/mol. The molecule has 2 heterocycles. The predicted octanol–water partition coefficient (Wildman–Crippen LogP) is 8.37. The number of hydrogen-bond acceptors (Lipinski definition) is 3. The van der Waals surface area contributed by atoms with E-state index in [-0.39, 0.29) is 35.1 Å². The summed E-state index contributed by atoms with van der Waals surface area (Å²) in [4.78, 5) is 27.7. The number of fused-ring (bicyclic) bond motifs is 2. The van der Waals surface area contributed by atoms with Gasteiger partial charge in [-0.05, 0) is 54.3 Å². The molecule has 0 aromatic heterocycles. The van der Waals surface area contributed by atoms with Crippen LogP contribution in [-0.2, 0) is 15.0 Å². The van der Waals surface area contributed by atoms with Gasteiger partial charge in [0, 0.05) is 39.7 Å². The molecule has 0 bridgehead atoms. The van der Waals surface area contributed by atoms with Crippen molar-refractivity contribution in [2.24, 2.45) is 0 Å². The fourth-order valence-corrected chi connectivity index (χ4v) is 6.77. The highest BCUT2D eigenvalue weighted by Crippen LogP contribution is 2.58. The summed E-state index contributed by atoms with van der Waals surface area (Å²) in [6.45, 7) is 4.12. The molecule has 2 aliphatic heterocycles. The first-order chi connectivity index (χ1) is 19.2. The van der Waals surface area contributed by atoms with Crippen LogP contribution in [-0.4, -0.2) is 17.9 Å². The summed E-state index contributed by atoms with van der Waals surface area (Å²) >= 11 is 19.0. The van der Waals surface area contributed by atoms with Gasteiger partial charge in [-0.3, -0.25) is 9.59 Å². The Balaban J connectivity index is 1.77. The molecule has 5 rings (SSSR count). The number of hydrogen-bond donors (Lipinski definition) is 2. The molecule has 2 amide bonds. The minimum atomic E-state index is -1.33. The maximum atomic E-state index is 14.9. The number of piperidine rings is 1. The monoisotopic (exact) mass is 602 g/mol. The number of anilines is 1. The highest BCUT2D eigenvalue weighted by Gasteiger charge is 2.61. The SMILES string of the molecule is CCCC(CCC)Oc1cc(F)c(Cl)cc1[C@H]1NC(=O)C[C@@H](c2cccc(Cl)c2)[C@]12C(=O)Nc1cc(Cl)ccc12. The lowest BCUT2D eigenvalue weighted by atomic mass is 9.59. The van der Waals surface area contributed by atoms with Crippen molar-refractivity contribution in [3.8, 4) is 5.75 Å². The molecule has 210 valence electrons. The number of rotatable bonds is 8. The molecule has 0 saturated carbocycles. The summed E-state index contributed by atoms with van der Waals surface area (Å²) in [5.74, 6) is -1.57. The normalized spacial score (nSPS) is 21.9. The van der Waals surface area contributed by atoms with Gasteiger partial charge in [0.25, 0.3) is 0 Å². The smallest absolute Gasteiger partial charge is 0.238 e. The van der Waals surface area contributed by atoms with Crippen LogP contribution in [0.15, 0.2) is 54.6 Å². The van der Waals surface area contributed by atoms with E-state index in [2.05, 4.69) is 24.5 Å². The van der Waals surface area contributed by atoms with Crippen molar-refractivity contribution >= 4 is 52.3 Å². The maximum absolute atomic E-state index is 14.9. The van der Waals surface area contributed by atoms with Crippen LogP contribution in [0.1, 0.15) is 74.6 Å². The van der Waals surface area contributed by atoms with E-state index < -0.39 is 23.2 Å². The Hall–Kier alpha value is -2.80. The molecular weight excluding hydrogens is 574 g/mol. The third-order valence-corrected chi connectivity index (χ3v) is 8.64. The van der Waals surface area contributed by atoms with Gasteiger partial charge in [0.15, 0.2) is 0 Å². The minimum absolute atomic E-state index is 0.0335. The average Bonchev–Trinajstić information content (AvgIpc) is 3.18. The lowest BCUT2D eigenvalue weighted by Gasteiger charge is -2.46. The highest BCUT2D eigenvalue weighted by molar-refractivity contribution is 6.31. The summed E-state index contributed by atoms with van der Waals surface area (Å²) in [6, 6.07) is 14.2. The predicted molar refractivity (Wildman–Crippen MR) is 157 cm³/mol. The van der Waals surface area contributed by atoms with E-state index in [4.69, 9.17) is 39.5 Å². The number of halogens is 4. The molecule has 1 saturated heterocycles. The van der Waals surface area contributed by atoms with Crippen LogP contribution in [0.25, 0.3) is 0 Å². The second kappa shape index (κ2) is 11.6. The van der Waals surface area contributed by atoms with Crippen LogP contribution in [0, 0.1) is 5.82 Å². The molecular formula is C31H30Cl3FN2O3. The standard InChI is InChI=1S/C31H30Cl3FN2O3/c1-3-6-20(7-4-2)40-27-16-25(35)24(34)14-21(27)29-31(22-11-10-19(33)13-26(22)36-30(31)39)23(15-28(38)37-29)17-8-5-9-18(32)12-17/h5,8-14,16,20,23,29H,3-4,6-7,15H2,1-2H3,(H,36,39)(H,37,38)/t23-,29+,31-/m0/s1. The van der Waals surface area contributed by atoms with Crippen molar-refractivity contribution in [3.63, 3.8) is 0 Å². The number of benzene rings is 3. The summed E-state index contributed by atoms with van der Waals surface area (Å²) in [7, 11) is 0. The first-order valence-corrected chi connectivity index (χ1v) is 14.6. The highest BCUT2D eigenvalue weighted by atomic mass is 35.5. The zero-order valence-corrected chi connectivity index (χ0v) is 24.5. The molecule has 0 radical (unpaired) electrons. The van der Waals surface area contributed by atoms with Crippen LogP contribution < -0.4 is 15.4 Å². The van der Waals surface area contributed by atoms with Crippen LogP contribution in [0.5, 0.6) is 5.75 Å². The number of amides is 2. The van der Waals surface area contributed by atoms with E-state index in [0.29, 0.717) is 26.9 Å². The fourth-order valence-electron chi connectivity index (χ4n) is 6.23. The van der Waals surface area contributed by atoms with Crippen molar-refractivity contribution in [3.05, 3.63) is 92.2 Å². The Kier molecular flexibility index (Phi) is 8.32. The van der Waals surface area contributed by atoms with Gasteiger partial charge in [0.2, 0.25) is 11.8 Å². The molecule has 2 N–H and O–H groups in total. The first kappa shape index (κ1) is 28.7. The van der Waals surface area contributed by atoms with E-state index in [1.807, 2.05) is 6.07 Å². The molecule has 5 nitrogen and oxygen atoms in total. The number of nitrogens with one attached hydrogen (secondary N) is 2. The Morgan fingerprint density at radius 2 is 1.73 bits per heavy atom. The second-order valence-electron chi connectivity index (χ2n) is 10.4. The molecule has 3 aromatic rings. The molecule has 3 atom stereocenters. The molecule has 0 unspecified atom stereocenters.